The highest BCUT2D eigenvalue weighted by Crippen LogP contribution is 2.51. The van der Waals surface area contributed by atoms with Gasteiger partial charge < -0.3 is 9.47 Å². The molecule has 0 aromatic heterocycles. The van der Waals surface area contributed by atoms with Gasteiger partial charge in [-0.05, 0) is 35.5 Å². The van der Waals surface area contributed by atoms with Gasteiger partial charge in [-0.15, -0.1) is 0 Å². The molecule has 2 aliphatic heterocycles. The van der Waals surface area contributed by atoms with Crippen molar-refractivity contribution in [1.82, 2.24) is 0 Å². The summed E-state index contributed by atoms with van der Waals surface area (Å²) in [5.74, 6) is 0.921. The van der Waals surface area contributed by atoms with E-state index < -0.39 is 5.79 Å². The van der Waals surface area contributed by atoms with Gasteiger partial charge in [-0.25, -0.2) is 0 Å². The lowest BCUT2D eigenvalue weighted by Crippen LogP contribution is -2.44. The van der Waals surface area contributed by atoms with E-state index in [4.69, 9.17) is 9.47 Å². The Balaban J connectivity index is 1.43. The molecule has 0 N–H and O–H groups in total. The van der Waals surface area contributed by atoms with E-state index in [9.17, 15) is 0 Å². The third kappa shape index (κ3) is 2.23. The minimum Gasteiger partial charge on any atom is -0.444 e. The van der Waals surface area contributed by atoms with Crippen molar-refractivity contribution >= 4 is 0 Å². The Hall–Kier alpha value is -3.52. The molecule has 0 aromatic rings. The molecule has 2 heterocycles. The van der Waals surface area contributed by atoms with Gasteiger partial charge >= 0.3 is 5.79 Å². The molecule has 2 unspecified atom stereocenters. The largest absolute Gasteiger partial charge is 0.444 e. The molecule has 4 aliphatic carbocycles. The summed E-state index contributed by atoms with van der Waals surface area (Å²) in [5.41, 5.74) is 6.28. The topological polar surface area (TPSA) is 18.5 Å². The number of fused-ring (bicyclic) bond motifs is 6. The highest BCUT2D eigenvalue weighted by atomic mass is 16.7. The summed E-state index contributed by atoms with van der Waals surface area (Å²) in [4.78, 5) is 0. The second kappa shape index (κ2) is 5.74. The van der Waals surface area contributed by atoms with Crippen molar-refractivity contribution < 1.29 is 9.47 Å². The van der Waals surface area contributed by atoms with E-state index in [1.807, 2.05) is 12.2 Å². The molecule has 2 heteroatoms. The maximum Gasteiger partial charge on any atom is 0.304 e. The zero-order chi connectivity index (χ0) is 19.6. The van der Waals surface area contributed by atoms with Gasteiger partial charge in [0.25, 0.3) is 0 Å². The lowest BCUT2D eigenvalue weighted by atomic mass is 9.77. The maximum atomic E-state index is 6.51. The van der Waals surface area contributed by atoms with Crippen molar-refractivity contribution in [2.24, 2.45) is 11.8 Å². The zero-order valence-corrected chi connectivity index (χ0v) is 16.0. The molecule has 2 atom stereocenters. The smallest absolute Gasteiger partial charge is 0.304 e. The summed E-state index contributed by atoms with van der Waals surface area (Å²) < 4.78 is 13.0. The van der Waals surface area contributed by atoms with E-state index in [0.717, 1.165) is 33.8 Å². The highest BCUT2D eigenvalue weighted by Gasteiger charge is 2.49. The van der Waals surface area contributed by atoms with Crippen LogP contribution < -0.4 is 0 Å². The van der Waals surface area contributed by atoms with Crippen molar-refractivity contribution in [1.29, 1.82) is 0 Å². The number of ether oxygens (including phenoxy) is 2. The van der Waals surface area contributed by atoms with Gasteiger partial charge in [0.05, 0.1) is 0 Å². The number of hydrogen-bond donors (Lipinski definition) is 0. The Morgan fingerprint density at radius 3 is 1.62 bits per heavy atom. The van der Waals surface area contributed by atoms with E-state index in [1.165, 1.54) is 11.1 Å². The van der Waals surface area contributed by atoms with Crippen LogP contribution in [-0.2, 0) is 9.47 Å². The van der Waals surface area contributed by atoms with Crippen LogP contribution in [0.3, 0.4) is 0 Å². The van der Waals surface area contributed by atoms with Crippen LogP contribution in [0.4, 0.5) is 0 Å². The van der Waals surface area contributed by atoms with Crippen LogP contribution in [0, 0.1) is 11.8 Å². The summed E-state index contributed by atoms with van der Waals surface area (Å²) in [7, 11) is 0. The minimum absolute atomic E-state index is 0.190. The molecular weight excluding hydrogens is 356 g/mol. The molecule has 0 radical (unpaired) electrons. The molecule has 0 saturated heterocycles. The van der Waals surface area contributed by atoms with Crippen LogP contribution in [0.15, 0.2) is 143 Å². The van der Waals surface area contributed by atoms with Gasteiger partial charge in [0, 0.05) is 34.1 Å². The molecule has 6 aliphatic rings. The maximum absolute atomic E-state index is 6.51. The molecule has 140 valence electrons. The average molecular weight is 376 g/mol. The fourth-order valence-corrected chi connectivity index (χ4v) is 4.71. The standard InChI is InChI=1S/C27H20O2/c1-17-15-23-21-9-5-3-7-19(21)11-13-25(23)28-27(17)18(2)16-24-22-10-6-4-8-20(22)12-14-26(24)29-27/h3-16,21-22H,1-2H2. The second-order valence-corrected chi connectivity index (χ2v) is 7.91. The van der Waals surface area contributed by atoms with E-state index in [1.54, 1.807) is 0 Å². The molecule has 29 heavy (non-hydrogen) atoms. The number of allylic oxidation sites excluding steroid dienone is 16. The van der Waals surface area contributed by atoms with Crippen LogP contribution >= 0.6 is 0 Å². The minimum atomic E-state index is -1.09. The fourth-order valence-electron chi connectivity index (χ4n) is 4.71. The van der Waals surface area contributed by atoms with Crippen LogP contribution in [-0.4, -0.2) is 5.79 Å². The van der Waals surface area contributed by atoms with Crippen molar-refractivity contribution in [3.8, 4) is 0 Å². The normalized spacial score (nSPS) is 33.0. The summed E-state index contributed by atoms with van der Waals surface area (Å²) in [6.45, 7) is 8.63. The third-order valence-electron chi connectivity index (χ3n) is 6.23. The van der Waals surface area contributed by atoms with E-state index in [-0.39, 0.29) is 11.8 Å². The SMILES string of the molecule is C=C1C=C2C(=CC=C3C=CC=CC32)OC12OC1=CC=C3C=CC=CC3C1=CC2=C. The summed E-state index contributed by atoms with van der Waals surface area (Å²) in [6, 6.07) is 0. The molecule has 1 spiro atoms. The van der Waals surface area contributed by atoms with Crippen LogP contribution in [0.2, 0.25) is 0 Å². The predicted molar refractivity (Wildman–Crippen MR) is 115 cm³/mol. The molecule has 2 nitrogen and oxygen atoms in total. The predicted octanol–water partition coefficient (Wildman–Crippen LogP) is 5.84. The van der Waals surface area contributed by atoms with Gasteiger partial charge in [0.15, 0.2) is 0 Å². The Kier molecular flexibility index (Phi) is 3.25. The van der Waals surface area contributed by atoms with Gasteiger partial charge in [0.2, 0.25) is 0 Å². The molecule has 0 fully saturated rings. The fraction of sp³-hybridized carbons (Fsp3) is 0.111. The van der Waals surface area contributed by atoms with Gasteiger partial charge in [0.1, 0.15) is 11.5 Å². The second-order valence-electron chi connectivity index (χ2n) is 7.91. The summed E-state index contributed by atoms with van der Waals surface area (Å²) >= 11 is 0. The Morgan fingerprint density at radius 1 is 0.655 bits per heavy atom. The van der Waals surface area contributed by atoms with Crippen molar-refractivity contribution in [3.63, 3.8) is 0 Å². The van der Waals surface area contributed by atoms with Crippen molar-refractivity contribution in [2.75, 3.05) is 0 Å². The average Bonchev–Trinajstić information content (AvgIpc) is 2.75. The Bertz CT molecular complexity index is 1090. The highest BCUT2D eigenvalue weighted by molar-refractivity contribution is 5.61. The van der Waals surface area contributed by atoms with Gasteiger partial charge in [-0.2, -0.15) is 0 Å². The van der Waals surface area contributed by atoms with Crippen LogP contribution in [0.1, 0.15) is 0 Å². The van der Waals surface area contributed by atoms with Crippen molar-refractivity contribution in [2.45, 2.75) is 5.79 Å². The molecule has 0 bridgehead atoms. The number of hydrogen-bond acceptors (Lipinski definition) is 2. The molecule has 6 rings (SSSR count). The molecule has 0 aromatic carbocycles. The van der Waals surface area contributed by atoms with Gasteiger partial charge in [-0.1, -0.05) is 73.9 Å². The first kappa shape index (κ1) is 16.4. The molecule has 0 saturated carbocycles. The Labute approximate surface area is 170 Å². The van der Waals surface area contributed by atoms with E-state index in [2.05, 4.69) is 86.1 Å². The number of rotatable bonds is 0. The first-order chi connectivity index (χ1) is 14.2. The monoisotopic (exact) mass is 376 g/mol. The van der Waals surface area contributed by atoms with Crippen molar-refractivity contribution in [3.05, 3.63) is 143 Å². The summed E-state index contributed by atoms with van der Waals surface area (Å²) in [6.07, 6.45) is 29.4. The summed E-state index contributed by atoms with van der Waals surface area (Å²) in [5, 5.41) is 0. The first-order valence-corrected chi connectivity index (χ1v) is 9.90. The molecule has 0 amide bonds. The lowest BCUT2D eigenvalue weighted by molar-refractivity contribution is -0.133. The quantitative estimate of drug-likeness (QED) is 0.529. The zero-order valence-electron chi connectivity index (χ0n) is 16.0. The first-order valence-electron chi connectivity index (χ1n) is 9.90. The third-order valence-corrected chi connectivity index (χ3v) is 6.23. The lowest BCUT2D eigenvalue weighted by Gasteiger charge is -2.46. The van der Waals surface area contributed by atoms with Crippen LogP contribution in [0.5, 0.6) is 0 Å². The van der Waals surface area contributed by atoms with E-state index in [0.29, 0.717) is 0 Å². The van der Waals surface area contributed by atoms with Gasteiger partial charge in [-0.3, -0.25) is 0 Å². The van der Waals surface area contributed by atoms with Crippen LogP contribution in [0.25, 0.3) is 0 Å². The van der Waals surface area contributed by atoms with E-state index >= 15 is 0 Å². The molecular formula is C27H20O2. The Morgan fingerprint density at radius 2 is 1.14 bits per heavy atom.